The second kappa shape index (κ2) is 19.3. The number of aliphatic hydroxyl groups excluding tert-OH is 1. The molecule has 3 aromatic rings. The van der Waals surface area contributed by atoms with Gasteiger partial charge in [0.1, 0.15) is 5.75 Å². The predicted octanol–water partition coefficient (Wildman–Crippen LogP) is 4.78. The zero-order chi connectivity index (χ0) is 42.3. The molecule has 1 amide bonds. The van der Waals surface area contributed by atoms with Crippen molar-refractivity contribution in [2.45, 2.75) is 121 Å². The summed E-state index contributed by atoms with van der Waals surface area (Å²) in [6.45, 7) is 4.73. The normalized spacial score (nSPS) is 22.3. The molecular weight excluding hydrogens is 786 g/mol. The lowest BCUT2D eigenvalue weighted by molar-refractivity contribution is -0.290. The van der Waals surface area contributed by atoms with E-state index in [4.69, 9.17) is 40.0 Å². The Hall–Kier alpha value is -5.09. The molecule has 0 bridgehead atoms. The van der Waals surface area contributed by atoms with Gasteiger partial charge in [0.2, 0.25) is 12.4 Å². The van der Waals surface area contributed by atoms with Crippen molar-refractivity contribution in [3.8, 4) is 16.9 Å². The molecule has 2 aliphatic carbocycles. The van der Waals surface area contributed by atoms with Crippen molar-refractivity contribution >= 4 is 41.4 Å². The van der Waals surface area contributed by atoms with Gasteiger partial charge in [0.05, 0.1) is 6.10 Å². The highest BCUT2D eigenvalue weighted by Gasteiger charge is 2.55. The summed E-state index contributed by atoms with van der Waals surface area (Å²) in [6, 6.07) is 15.8. The van der Waals surface area contributed by atoms with Gasteiger partial charge in [0.15, 0.2) is 18.3 Å². The number of aromatic nitrogens is 1. The van der Waals surface area contributed by atoms with E-state index in [0.717, 1.165) is 86.9 Å². The second-order valence-corrected chi connectivity index (χ2v) is 15.5. The Morgan fingerprint density at radius 1 is 0.881 bits per heavy atom. The van der Waals surface area contributed by atoms with Gasteiger partial charge in [-0.05, 0) is 79.0 Å². The fraction of sp³-hybridized carbons (Fsp3) is 0.488. The number of nitrogens with zero attached hydrogens (tertiary/aromatic N) is 1. The topological polar surface area (TPSA) is 198 Å². The summed E-state index contributed by atoms with van der Waals surface area (Å²) in [7, 11) is 0. The van der Waals surface area contributed by atoms with E-state index in [0.29, 0.717) is 24.4 Å². The molecule has 6 atom stereocenters. The van der Waals surface area contributed by atoms with Crippen LogP contribution in [0.15, 0.2) is 60.9 Å². The van der Waals surface area contributed by atoms with Crippen molar-refractivity contribution in [2.75, 3.05) is 13.2 Å². The van der Waals surface area contributed by atoms with Crippen LogP contribution in [-0.4, -0.2) is 89.8 Å². The van der Waals surface area contributed by atoms with E-state index in [2.05, 4.69) is 21.7 Å². The number of rotatable bonds is 18. The molecule has 6 unspecified atom stereocenters. The lowest BCUT2D eigenvalue weighted by Gasteiger charge is -2.43. The maximum absolute atomic E-state index is 13.6. The SMILES string of the molecule is CC(=O)OC1OC(C(=O)NCCCC(CO)c2ccc(Cl)c(CNC3(c4cnccc4-c4ccccc4OC4CC4)CC3)c2)C(OC(C)=O)C(OC(C)=O)C1OC(C)=O. The molecule has 59 heavy (non-hydrogen) atoms. The van der Waals surface area contributed by atoms with Crippen LogP contribution in [0.3, 0.4) is 0 Å². The first-order valence-electron chi connectivity index (χ1n) is 19.8. The highest BCUT2D eigenvalue weighted by atomic mass is 35.5. The largest absolute Gasteiger partial charge is 0.490 e. The van der Waals surface area contributed by atoms with Crippen LogP contribution < -0.4 is 15.4 Å². The van der Waals surface area contributed by atoms with E-state index in [1.807, 2.05) is 48.7 Å². The molecule has 3 aliphatic rings. The van der Waals surface area contributed by atoms with Gasteiger partial charge in [-0.3, -0.25) is 29.0 Å². The first kappa shape index (κ1) is 43.5. The molecule has 16 heteroatoms. The fourth-order valence-electron chi connectivity index (χ4n) is 7.35. The molecule has 2 saturated carbocycles. The van der Waals surface area contributed by atoms with E-state index in [1.54, 1.807) is 6.20 Å². The summed E-state index contributed by atoms with van der Waals surface area (Å²) in [6.07, 6.45) is 0.904. The van der Waals surface area contributed by atoms with Gasteiger partial charge >= 0.3 is 23.9 Å². The van der Waals surface area contributed by atoms with Crippen molar-refractivity contribution in [3.63, 3.8) is 0 Å². The standard InChI is InChI=1S/C43H50ClN3O12/c1-24(49)54-37-38(55-25(2)50)40(56-26(3)51)42(57-27(4)52)59-39(37)41(53)46-18-7-8-29(23-48)28-11-14-35(44)30(20-28)21-47-43(16-17-43)34-22-45-19-15-32(34)33-9-5-6-10-36(33)58-31-12-13-31/h5-6,9-11,14-15,19-20,22,29,31,37-40,42,47-48H,7-8,12-13,16-18,21,23H2,1-4H3,(H,46,53). The highest BCUT2D eigenvalue weighted by molar-refractivity contribution is 6.31. The zero-order valence-corrected chi connectivity index (χ0v) is 34.2. The van der Waals surface area contributed by atoms with Crippen LogP contribution in [0.1, 0.15) is 88.8 Å². The number of aliphatic hydroxyl groups is 1. The number of amides is 1. The number of benzene rings is 2. The minimum absolute atomic E-state index is 0.110. The predicted molar refractivity (Wildman–Crippen MR) is 212 cm³/mol. The lowest BCUT2D eigenvalue weighted by Crippen LogP contribution is -2.65. The summed E-state index contributed by atoms with van der Waals surface area (Å²) >= 11 is 6.73. The highest BCUT2D eigenvalue weighted by Crippen LogP contribution is 2.50. The van der Waals surface area contributed by atoms with Crippen molar-refractivity contribution in [3.05, 3.63) is 82.6 Å². The minimum atomic E-state index is -1.67. The Labute approximate surface area is 347 Å². The maximum Gasteiger partial charge on any atom is 0.305 e. The summed E-state index contributed by atoms with van der Waals surface area (Å²) in [5.41, 5.74) is 4.65. The van der Waals surface area contributed by atoms with Crippen molar-refractivity contribution < 1.29 is 57.5 Å². The molecule has 0 spiro atoms. The van der Waals surface area contributed by atoms with Crippen LogP contribution in [0.5, 0.6) is 5.75 Å². The third-order valence-corrected chi connectivity index (χ3v) is 10.8. The molecule has 1 aromatic heterocycles. The van der Waals surface area contributed by atoms with Crippen LogP contribution in [0, 0.1) is 0 Å². The van der Waals surface area contributed by atoms with Crippen molar-refractivity contribution in [2.24, 2.45) is 0 Å². The van der Waals surface area contributed by atoms with E-state index >= 15 is 0 Å². The third-order valence-electron chi connectivity index (χ3n) is 10.4. The van der Waals surface area contributed by atoms with Gasteiger partial charge in [0, 0.05) is 81.8 Å². The molecule has 3 fully saturated rings. The smallest absolute Gasteiger partial charge is 0.305 e. The minimum Gasteiger partial charge on any atom is -0.490 e. The summed E-state index contributed by atoms with van der Waals surface area (Å²) in [5, 5.41) is 17.5. The number of halogens is 1. The quantitative estimate of drug-likeness (QED) is 0.0899. The number of carbonyl (C=O) groups is 5. The monoisotopic (exact) mass is 835 g/mol. The Morgan fingerprint density at radius 3 is 2.22 bits per heavy atom. The fourth-order valence-corrected chi connectivity index (χ4v) is 7.53. The Bertz CT molecular complexity index is 2020. The molecule has 0 radical (unpaired) electrons. The number of ether oxygens (including phenoxy) is 6. The maximum atomic E-state index is 13.6. The van der Waals surface area contributed by atoms with Gasteiger partial charge in [0.25, 0.3) is 5.91 Å². The molecular formula is C43H50ClN3O12. The van der Waals surface area contributed by atoms with Gasteiger partial charge in [-0.2, -0.15) is 0 Å². The average molecular weight is 836 g/mol. The van der Waals surface area contributed by atoms with Gasteiger partial charge < -0.3 is 44.2 Å². The summed E-state index contributed by atoms with van der Waals surface area (Å²) in [4.78, 5) is 66.2. The molecule has 1 saturated heterocycles. The van der Waals surface area contributed by atoms with E-state index in [-0.39, 0.29) is 30.7 Å². The van der Waals surface area contributed by atoms with Crippen molar-refractivity contribution in [1.82, 2.24) is 15.6 Å². The van der Waals surface area contributed by atoms with E-state index in [1.165, 1.54) is 0 Å². The number of para-hydroxylation sites is 1. The van der Waals surface area contributed by atoms with Crippen LogP contribution in [0.4, 0.5) is 0 Å². The first-order valence-corrected chi connectivity index (χ1v) is 20.1. The van der Waals surface area contributed by atoms with Gasteiger partial charge in [-0.15, -0.1) is 0 Å². The number of hydrogen-bond acceptors (Lipinski definition) is 14. The molecule has 316 valence electrons. The van der Waals surface area contributed by atoms with E-state index in [9.17, 15) is 29.1 Å². The molecule has 1 aliphatic heterocycles. The summed E-state index contributed by atoms with van der Waals surface area (Å²) < 4.78 is 33.2. The third kappa shape index (κ3) is 11.1. The van der Waals surface area contributed by atoms with Crippen LogP contribution in [0.2, 0.25) is 5.02 Å². The number of pyridine rings is 1. The van der Waals surface area contributed by atoms with Crippen LogP contribution in [0.25, 0.3) is 11.1 Å². The van der Waals surface area contributed by atoms with Gasteiger partial charge in [-0.25, -0.2) is 0 Å². The second-order valence-electron chi connectivity index (χ2n) is 15.1. The molecule has 2 aromatic carbocycles. The molecule has 2 heterocycles. The number of nitrogens with one attached hydrogen (secondary N) is 2. The number of esters is 4. The first-order chi connectivity index (χ1) is 28.3. The van der Waals surface area contributed by atoms with Crippen molar-refractivity contribution in [1.29, 1.82) is 0 Å². The summed E-state index contributed by atoms with van der Waals surface area (Å²) in [5.74, 6) is -3.53. The Morgan fingerprint density at radius 2 is 1.56 bits per heavy atom. The van der Waals surface area contributed by atoms with Crippen LogP contribution in [-0.2, 0) is 59.7 Å². The number of carbonyl (C=O) groups excluding carboxylic acids is 5. The van der Waals surface area contributed by atoms with Crippen LogP contribution >= 0.6 is 11.6 Å². The van der Waals surface area contributed by atoms with E-state index < -0.39 is 60.5 Å². The average Bonchev–Trinajstić information content (AvgIpc) is 4.14. The Kier molecular flexibility index (Phi) is 14.2. The van der Waals surface area contributed by atoms with Gasteiger partial charge in [-0.1, -0.05) is 41.9 Å². The molecule has 15 nitrogen and oxygen atoms in total. The lowest BCUT2D eigenvalue weighted by atomic mass is 9.92. The molecule has 6 rings (SSSR count). The number of hydrogen-bond donors (Lipinski definition) is 3. The molecule has 3 N–H and O–H groups in total. The zero-order valence-electron chi connectivity index (χ0n) is 33.4. The Balaban J connectivity index is 1.10.